The molecule has 3 heterocycles. The summed E-state index contributed by atoms with van der Waals surface area (Å²) in [7, 11) is 0. The Balaban J connectivity index is 1.96. The molecular formula is C16H15N3O3S. The summed E-state index contributed by atoms with van der Waals surface area (Å²) in [5.74, 6) is 0.891. The molecule has 0 spiro atoms. The molecule has 0 aliphatic heterocycles. The van der Waals surface area contributed by atoms with Gasteiger partial charge in [-0.1, -0.05) is 13.8 Å². The lowest BCUT2D eigenvalue weighted by molar-refractivity contribution is 0.103. The van der Waals surface area contributed by atoms with Gasteiger partial charge in [-0.2, -0.15) is 0 Å². The number of Topliss-reactive ketones (excluding diaryl/α,β-unsaturated/α-hetero) is 1. The van der Waals surface area contributed by atoms with Crippen molar-refractivity contribution in [3.8, 4) is 0 Å². The predicted octanol–water partition coefficient (Wildman–Crippen LogP) is 1.37. The summed E-state index contributed by atoms with van der Waals surface area (Å²) >= 11 is 1.20. The highest BCUT2D eigenvalue weighted by Crippen LogP contribution is 2.10. The molecule has 0 aromatic carbocycles. The highest BCUT2D eigenvalue weighted by atomic mass is 32.1. The van der Waals surface area contributed by atoms with Gasteiger partial charge in [0.25, 0.3) is 5.56 Å². The highest BCUT2D eigenvalue weighted by Gasteiger charge is 2.06. The molecule has 118 valence electrons. The first kappa shape index (κ1) is 15.2. The number of hydrogen-bond donors (Lipinski definition) is 2. The van der Waals surface area contributed by atoms with Crippen molar-refractivity contribution in [2.75, 3.05) is 0 Å². The van der Waals surface area contributed by atoms with Crippen LogP contribution in [0.25, 0.3) is 12.2 Å². The minimum Gasteiger partial charge on any atom is -0.461 e. The molecule has 2 N–H and O–H groups in total. The van der Waals surface area contributed by atoms with Crippen molar-refractivity contribution in [2.24, 2.45) is 0 Å². The van der Waals surface area contributed by atoms with Crippen molar-refractivity contribution >= 4 is 29.3 Å². The van der Waals surface area contributed by atoms with E-state index in [9.17, 15) is 9.59 Å². The molecule has 7 heteroatoms. The molecule has 0 aliphatic carbocycles. The number of ketones is 1. The minimum atomic E-state index is -0.292. The van der Waals surface area contributed by atoms with Crippen molar-refractivity contribution in [3.63, 3.8) is 0 Å². The van der Waals surface area contributed by atoms with Crippen LogP contribution in [0.4, 0.5) is 0 Å². The van der Waals surface area contributed by atoms with Gasteiger partial charge in [-0.3, -0.25) is 9.59 Å². The van der Waals surface area contributed by atoms with E-state index in [1.54, 1.807) is 24.4 Å². The molecule has 0 saturated carbocycles. The fourth-order valence-corrected chi connectivity index (χ4v) is 2.84. The number of nitrogens with one attached hydrogen (secondary N) is 2. The summed E-state index contributed by atoms with van der Waals surface area (Å²) in [6, 6.07) is 3.22. The summed E-state index contributed by atoms with van der Waals surface area (Å²) in [5.41, 5.74) is 0.750. The highest BCUT2D eigenvalue weighted by molar-refractivity contribution is 7.07. The number of furan rings is 1. The third-order valence-corrected chi connectivity index (χ3v) is 4.17. The molecule has 3 aromatic heterocycles. The van der Waals surface area contributed by atoms with Crippen molar-refractivity contribution in [1.82, 2.24) is 15.0 Å². The van der Waals surface area contributed by atoms with E-state index >= 15 is 0 Å². The van der Waals surface area contributed by atoms with E-state index in [1.807, 2.05) is 0 Å². The molecule has 3 aromatic rings. The van der Waals surface area contributed by atoms with E-state index < -0.39 is 0 Å². The van der Waals surface area contributed by atoms with Gasteiger partial charge in [0.2, 0.25) is 5.78 Å². The Morgan fingerprint density at radius 1 is 1.39 bits per heavy atom. The smallest absolute Gasteiger partial charge is 0.266 e. The maximum atomic E-state index is 12.0. The molecule has 3 rings (SSSR count). The van der Waals surface area contributed by atoms with Crippen LogP contribution in [0.2, 0.25) is 0 Å². The van der Waals surface area contributed by atoms with E-state index in [0.717, 1.165) is 5.69 Å². The van der Waals surface area contributed by atoms with Gasteiger partial charge in [0.05, 0.1) is 15.5 Å². The van der Waals surface area contributed by atoms with E-state index in [-0.39, 0.29) is 17.1 Å². The number of nitrogens with zero attached hydrogens (tertiary/aromatic N) is 1. The van der Waals surface area contributed by atoms with E-state index in [2.05, 4.69) is 28.8 Å². The monoisotopic (exact) mass is 329 g/mol. The number of imidazole rings is 1. The number of aromatic amines is 2. The number of hydrogen-bond acceptors (Lipinski definition) is 5. The normalized spacial score (nSPS) is 13.2. The molecule has 0 unspecified atom stereocenters. The second-order valence-electron chi connectivity index (χ2n) is 5.29. The van der Waals surface area contributed by atoms with Crippen LogP contribution in [-0.4, -0.2) is 20.7 Å². The lowest BCUT2D eigenvalue weighted by atomic mass is 10.2. The third kappa shape index (κ3) is 3.40. The van der Waals surface area contributed by atoms with Gasteiger partial charge in [-0.05, 0) is 18.1 Å². The van der Waals surface area contributed by atoms with Gasteiger partial charge >= 0.3 is 0 Å². The zero-order valence-electron chi connectivity index (χ0n) is 12.6. The van der Waals surface area contributed by atoms with Gasteiger partial charge in [-0.15, -0.1) is 11.3 Å². The average Bonchev–Trinajstić information content (AvgIpc) is 3.22. The van der Waals surface area contributed by atoms with Crippen LogP contribution in [-0.2, 0) is 0 Å². The molecule has 0 saturated heterocycles. The summed E-state index contributed by atoms with van der Waals surface area (Å²) in [6.07, 6.45) is 6.21. The molecule has 0 atom stereocenters. The first-order chi connectivity index (χ1) is 11.0. The van der Waals surface area contributed by atoms with Crippen LogP contribution in [0, 0.1) is 0 Å². The Labute approximate surface area is 135 Å². The molecule has 0 amide bonds. The SMILES string of the molecule is CC(C)c1cnc(/C=c2\s/c(=C\C(=O)c3ccco3)[nH]c2=O)[nH]1. The maximum Gasteiger partial charge on any atom is 0.266 e. The maximum absolute atomic E-state index is 12.0. The number of carbonyl (C=O) groups is 1. The first-order valence-corrected chi connectivity index (χ1v) is 7.90. The largest absolute Gasteiger partial charge is 0.461 e. The number of thiazole rings is 1. The lowest BCUT2D eigenvalue weighted by Gasteiger charge is -1.96. The van der Waals surface area contributed by atoms with E-state index in [0.29, 0.717) is 20.9 Å². The first-order valence-electron chi connectivity index (χ1n) is 7.08. The fraction of sp³-hybridized carbons (Fsp3) is 0.188. The minimum absolute atomic E-state index is 0.234. The van der Waals surface area contributed by atoms with Gasteiger partial charge < -0.3 is 14.4 Å². The van der Waals surface area contributed by atoms with Crippen molar-refractivity contribution in [3.05, 3.63) is 61.4 Å². The van der Waals surface area contributed by atoms with Crippen LogP contribution < -0.4 is 14.8 Å². The number of rotatable bonds is 4. The Bertz CT molecular complexity index is 990. The predicted molar refractivity (Wildman–Crippen MR) is 87.9 cm³/mol. The Morgan fingerprint density at radius 2 is 2.22 bits per heavy atom. The van der Waals surface area contributed by atoms with Crippen LogP contribution in [0.1, 0.15) is 41.8 Å². The molecule has 6 nitrogen and oxygen atoms in total. The Morgan fingerprint density at radius 3 is 2.87 bits per heavy atom. The standard InChI is InChI=1S/C16H15N3O3S/c1-9(2)10-8-17-14(18-10)7-13-16(21)19-15(23-13)6-11(20)12-4-3-5-22-12/h3-9H,1-2H3,(H,17,18)(H,19,21)/b13-7-,15-6-. The summed E-state index contributed by atoms with van der Waals surface area (Å²) in [4.78, 5) is 34.0. The van der Waals surface area contributed by atoms with E-state index in [1.165, 1.54) is 23.7 Å². The molecule has 0 aliphatic rings. The van der Waals surface area contributed by atoms with Gasteiger partial charge in [0.15, 0.2) is 5.76 Å². The second-order valence-corrected chi connectivity index (χ2v) is 6.38. The van der Waals surface area contributed by atoms with Gasteiger partial charge in [0, 0.05) is 24.0 Å². The molecule has 0 fully saturated rings. The second kappa shape index (κ2) is 6.21. The van der Waals surface area contributed by atoms with Gasteiger partial charge in [0.1, 0.15) is 5.82 Å². The topological polar surface area (TPSA) is 91.8 Å². The average molecular weight is 329 g/mol. The zero-order valence-corrected chi connectivity index (χ0v) is 13.4. The van der Waals surface area contributed by atoms with Crippen molar-refractivity contribution in [1.29, 1.82) is 0 Å². The van der Waals surface area contributed by atoms with Crippen LogP contribution in [0.5, 0.6) is 0 Å². The number of carbonyl (C=O) groups excluding carboxylic acids is 1. The molecular weight excluding hydrogens is 314 g/mol. The Hall–Kier alpha value is -2.67. The quantitative estimate of drug-likeness (QED) is 0.707. The lowest BCUT2D eigenvalue weighted by Crippen LogP contribution is -2.20. The molecule has 23 heavy (non-hydrogen) atoms. The van der Waals surface area contributed by atoms with Crippen LogP contribution in [0.3, 0.4) is 0 Å². The zero-order chi connectivity index (χ0) is 16.4. The number of H-pyrrole nitrogens is 2. The summed E-state index contributed by atoms with van der Waals surface area (Å²) < 4.78 is 5.98. The van der Waals surface area contributed by atoms with Crippen LogP contribution >= 0.6 is 11.3 Å². The fourth-order valence-electron chi connectivity index (χ4n) is 1.98. The van der Waals surface area contributed by atoms with Gasteiger partial charge in [-0.25, -0.2) is 4.98 Å². The molecule has 0 bridgehead atoms. The van der Waals surface area contributed by atoms with Crippen molar-refractivity contribution < 1.29 is 9.21 Å². The molecule has 0 radical (unpaired) electrons. The van der Waals surface area contributed by atoms with E-state index in [4.69, 9.17) is 4.42 Å². The summed E-state index contributed by atoms with van der Waals surface area (Å²) in [6.45, 7) is 4.12. The summed E-state index contributed by atoms with van der Waals surface area (Å²) in [5, 5.41) is 0. The number of aromatic nitrogens is 3. The van der Waals surface area contributed by atoms with Crippen LogP contribution in [0.15, 0.2) is 33.8 Å². The van der Waals surface area contributed by atoms with Crippen molar-refractivity contribution in [2.45, 2.75) is 19.8 Å². The Kier molecular flexibility index (Phi) is 4.12. The third-order valence-electron chi connectivity index (χ3n) is 3.21.